The molecule has 0 saturated carbocycles. The lowest BCUT2D eigenvalue weighted by molar-refractivity contribution is -0.144. The van der Waals surface area contributed by atoms with Crippen LogP contribution in [0.25, 0.3) is 0 Å². The number of aromatic nitrogens is 2. The fourth-order valence-electron chi connectivity index (χ4n) is 3.62. The number of rotatable bonds is 4. The van der Waals surface area contributed by atoms with Gasteiger partial charge in [-0.15, -0.1) is 0 Å². The molecule has 2 saturated heterocycles. The van der Waals surface area contributed by atoms with E-state index in [4.69, 9.17) is 0 Å². The summed E-state index contributed by atoms with van der Waals surface area (Å²) in [5.74, 6) is -0.114. The molecule has 3 rings (SSSR count). The molecular formula is C16H23N5O3. The van der Waals surface area contributed by atoms with E-state index in [0.29, 0.717) is 25.9 Å². The number of nitrogens with one attached hydrogen (secondary N) is 2. The van der Waals surface area contributed by atoms with Gasteiger partial charge in [0.15, 0.2) is 0 Å². The van der Waals surface area contributed by atoms with Gasteiger partial charge in [0, 0.05) is 31.6 Å². The van der Waals surface area contributed by atoms with Crippen molar-refractivity contribution in [1.82, 2.24) is 15.3 Å². The van der Waals surface area contributed by atoms with Crippen LogP contribution in [0.5, 0.6) is 0 Å². The van der Waals surface area contributed by atoms with Crippen molar-refractivity contribution >= 4 is 23.5 Å². The Morgan fingerprint density at radius 3 is 2.75 bits per heavy atom. The zero-order chi connectivity index (χ0) is 17.3. The van der Waals surface area contributed by atoms with E-state index in [2.05, 4.69) is 25.5 Å². The van der Waals surface area contributed by atoms with Gasteiger partial charge in [-0.3, -0.25) is 9.59 Å². The molecule has 8 heteroatoms. The minimum atomic E-state index is -0.896. The predicted molar refractivity (Wildman–Crippen MR) is 88.9 cm³/mol. The first kappa shape index (κ1) is 16.5. The van der Waals surface area contributed by atoms with Gasteiger partial charge >= 0.3 is 5.97 Å². The first-order valence-corrected chi connectivity index (χ1v) is 8.27. The highest BCUT2D eigenvalue weighted by molar-refractivity contribution is 5.88. The van der Waals surface area contributed by atoms with Gasteiger partial charge in [-0.1, -0.05) is 0 Å². The molecule has 0 aromatic carbocycles. The lowest BCUT2D eigenvalue weighted by atomic mass is 9.78. The molecule has 1 aromatic heterocycles. The van der Waals surface area contributed by atoms with Crippen LogP contribution in [0.4, 0.5) is 11.6 Å². The summed E-state index contributed by atoms with van der Waals surface area (Å²) in [6.07, 6.45) is 2.81. The van der Waals surface area contributed by atoms with E-state index in [1.807, 2.05) is 19.9 Å². The summed E-state index contributed by atoms with van der Waals surface area (Å²) in [6.45, 7) is 5.40. The first-order valence-electron chi connectivity index (χ1n) is 8.27. The Hall–Kier alpha value is -2.38. The average Bonchev–Trinajstić information content (AvgIpc) is 2.84. The Morgan fingerprint density at radius 2 is 2.12 bits per heavy atom. The quantitative estimate of drug-likeness (QED) is 0.750. The number of carbonyl (C=O) groups is 2. The topological polar surface area (TPSA) is 107 Å². The van der Waals surface area contributed by atoms with Crippen molar-refractivity contribution in [1.29, 1.82) is 0 Å². The van der Waals surface area contributed by atoms with Gasteiger partial charge in [-0.25, -0.2) is 9.97 Å². The third-order valence-corrected chi connectivity index (χ3v) is 4.81. The maximum atomic E-state index is 11.7. The lowest BCUT2D eigenvalue weighted by Crippen LogP contribution is -2.55. The second kappa shape index (κ2) is 6.26. The number of hydrogen-bond donors (Lipinski definition) is 3. The maximum absolute atomic E-state index is 11.7. The van der Waals surface area contributed by atoms with Gasteiger partial charge in [0.1, 0.15) is 18.0 Å². The Balaban J connectivity index is 1.71. The van der Waals surface area contributed by atoms with Gasteiger partial charge in [0.25, 0.3) is 0 Å². The van der Waals surface area contributed by atoms with Crippen molar-refractivity contribution in [2.75, 3.05) is 23.3 Å². The SMILES string of the molecule is CC(C)Nc1cc(N2CCC3(CC2)NC(=O)C[C@@H]3C(=O)O)ncn1. The smallest absolute Gasteiger partial charge is 0.309 e. The average molecular weight is 333 g/mol. The van der Waals surface area contributed by atoms with Crippen molar-refractivity contribution in [3.63, 3.8) is 0 Å². The Morgan fingerprint density at radius 1 is 1.42 bits per heavy atom. The van der Waals surface area contributed by atoms with E-state index in [1.54, 1.807) is 0 Å². The first-order chi connectivity index (χ1) is 11.4. The van der Waals surface area contributed by atoms with E-state index in [0.717, 1.165) is 11.6 Å². The van der Waals surface area contributed by atoms with E-state index < -0.39 is 17.4 Å². The molecule has 0 bridgehead atoms. The minimum Gasteiger partial charge on any atom is -0.481 e. The summed E-state index contributed by atoms with van der Waals surface area (Å²) in [5, 5.41) is 15.6. The summed E-state index contributed by atoms with van der Waals surface area (Å²) in [5.41, 5.74) is -0.620. The van der Waals surface area contributed by atoms with E-state index in [-0.39, 0.29) is 18.4 Å². The molecule has 1 aromatic rings. The number of carbonyl (C=O) groups excluding carboxylic acids is 1. The summed E-state index contributed by atoms with van der Waals surface area (Å²) < 4.78 is 0. The molecule has 1 spiro atoms. The molecule has 0 radical (unpaired) electrons. The van der Waals surface area contributed by atoms with Crippen LogP contribution < -0.4 is 15.5 Å². The number of aliphatic carboxylic acids is 1. The molecule has 3 N–H and O–H groups in total. The Bertz CT molecular complexity index is 640. The molecule has 130 valence electrons. The number of nitrogens with zero attached hydrogens (tertiary/aromatic N) is 3. The Labute approximate surface area is 140 Å². The molecule has 3 heterocycles. The molecule has 8 nitrogen and oxygen atoms in total. The molecule has 1 amide bonds. The fraction of sp³-hybridized carbons (Fsp3) is 0.625. The lowest BCUT2D eigenvalue weighted by Gasteiger charge is -2.41. The van der Waals surface area contributed by atoms with Crippen molar-refractivity contribution in [2.24, 2.45) is 5.92 Å². The van der Waals surface area contributed by atoms with Crippen molar-refractivity contribution in [3.05, 3.63) is 12.4 Å². The van der Waals surface area contributed by atoms with Crippen LogP contribution in [-0.2, 0) is 9.59 Å². The number of hydrogen-bond acceptors (Lipinski definition) is 6. The van der Waals surface area contributed by atoms with E-state index >= 15 is 0 Å². The summed E-state index contributed by atoms with van der Waals surface area (Å²) in [7, 11) is 0. The Kier molecular flexibility index (Phi) is 4.29. The monoisotopic (exact) mass is 333 g/mol. The highest BCUT2D eigenvalue weighted by atomic mass is 16.4. The fourth-order valence-corrected chi connectivity index (χ4v) is 3.62. The van der Waals surface area contributed by atoms with Gasteiger partial charge in [-0.05, 0) is 26.7 Å². The predicted octanol–water partition coefficient (Wildman–Crippen LogP) is 0.857. The number of anilines is 2. The van der Waals surface area contributed by atoms with Crippen LogP contribution in [0.3, 0.4) is 0 Å². The van der Waals surface area contributed by atoms with Gasteiger partial charge < -0.3 is 20.6 Å². The number of amides is 1. The van der Waals surface area contributed by atoms with E-state index in [1.165, 1.54) is 6.33 Å². The summed E-state index contributed by atoms with van der Waals surface area (Å²) in [4.78, 5) is 33.8. The summed E-state index contributed by atoms with van der Waals surface area (Å²) in [6, 6.07) is 2.18. The zero-order valence-electron chi connectivity index (χ0n) is 14.0. The molecule has 2 fully saturated rings. The van der Waals surface area contributed by atoms with Crippen LogP contribution in [0.1, 0.15) is 33.1 Å². The van der Waals surface area contributed by atoms with Crippen LogP contribution in [0, 0.1) is 5.92 Å². The molecule has 1 atom stereocenters. The number of carboxylic acid groups (broad SMARTS) is 1. The molecule has 2 aliphatic heterocycles. The largest absolute Gasteiger partial charge is 0.481 e. The zero-order valence-corrected chi connectivity index (χ0v) is 14.0. The number of piperidine rings is 1. The van der Waals surface area contributed by atoms with Crippen molar-refractivity contribution < 1.29 is 14.7 Å². The molecule has 0 unspecified atom stereocenters. The second-order valence-corrected chi connectivity index (χ2v) is 6.85. The third-order valence-electron chi connectivity index (χ3n) is 4.81. The normalized spacial score (nSPS) is 22.7. The standard InChI is InChI=1S/C16H23N5O3/c1-10(2)19-12-8-13(18-9-17-12)21-5-3-16(4-6-21)11(15(23)24)7-14(22)20-16/h8-11H,3-7H2,1-2H3,(H,20,22)(H,23,24)(H,17,18,19)/t11-/m1/s1. The van der Waals surface area contributed by atoms with Crippen molar-refractivity contribution in [2.45, 2.75) is 44.7 Å². The maximum Gasteiger partial charge on any atom is 0.309 e. The minimum absolute atomic E-state index is 0.0747. The molecule has 2 aliphatic rings. The van der Waals surface area contributed by atoms with Gasteiger partial charge in [0.05, 0.1) is 11.5 Å². The number of carboxylic acids is 1. The van der Waals surface area contributed by atoms with Crippen LogP contribution in [0.15, 0.2) is 12.4 Å². The third kappa shape index (κ3) is 3.13. The van der Waals surface area contributed by atoms with Crippen LogP contribution >= 0.6 is 0 Å². The van der Waals surface area contributed by atoms with Gasteiger partial charge in [-0.2, -0.15) is 0 Å². The highest BCUT2D eigenvalue weighted by Crippen LogP contribution is 2.37. The van der Waals surface area contributed by atoms with Crippen LogP contribution in [0.2, 0.25) is 0 Å². The molecule has 0 aliphatic carbocycles. The van der Waals surface area contributed by atoms with E-state index in [9.17, 15) is 14.7 Å². The van der Waals surface area contributed by atoms with Crippen LogP contribution in [-0.4, -0.2) is 51.6 Å². The second-order valence-electron chi connectivity index (χ2n) is 6.85. The molecule has 24 heavy (non-hydrogen) atoms. The van der Waals surface area contributed by atoms with Crippen molar-refractivity contribution in [3.8, 4) is 0 Å². The summed E-state index contributed by atoms with van der Waals surface area (Å²) >= 11 is 0. The molecular weight excluding hydrogens is 310 g/mol. The van der Waals surface area contributed by atoms with Gasteiger partial charge in [0.2, 0.25) is 5.91 Å². The highest BCUT2D eigenvalue weighted by Gasteiger charge is 2.51.